The molecule has 0 unspecified atom stereocenters. The van der Waals surface area contributed by atoms with Crippen molar-refractivity contribution < 1.29 is 0 Å². The molecule has 1 aliphatic rings. The molecule has 0 aliphatic carbocycles. The van der Waals surface area contributed by atoms with Crippen molar-refractivity contribution in [3.05, 3.63) is 29.2 Å². The molecule has 0 bridgehead atoms. The van der Waals surface area contributed by atoms with Crippen LogP contribution in [0.4, 0.5) is 5.95 Å². The maximum Gasteiger partial charge on any atom is 0.263 e. The zero-order valence-electron chi connectivity index (χ0n) is 12.9. The van der Waals surface area contributed by atoms with Gasteiger partial charge in [-0.25, -0.2) is 0 Å². The van der Waals surface area contributed by atoms with Gasteiger partial charge in [-0.3, -0.25) is 14.5 Å². The number of piperidine rings is 1. The number of rotatable bonds is 5. The molecule has 0 aromatic carbocycles. The third-order valence-electron chi connectivity index (χ3n) is 4.18. The van der Waals surface area contributed by atoms with Gasteiger partial charge in [0, 0.05) is 32.7 Å². The summed E-state index contributed by atoms with van der Waals surface area (Å²) >= 11 is 0. The molecule has 1 aliphatic heterocycles. The number of aromatic nitrogens is 4. The molecule has 3 heterocycles. The predicted octanol–water partition coefficient (Wildman–Crippen LogP) is 1.11. The first-order valence-electron chi connectivity index (χ1n) is 7.69. The Morgan fingerprint density at radius 3 is 3.00 bits per heavy atom. The van der Waals surface area contributed by atoms with E-state index in [0.29, 0.717) is 23.0 Å². The summed E-state index contributed by atoms with van der Waals surface area (Å²) in [5.74, 6) is 0.533. The maximum absolute atomic E-state index is 12.0. The Morgan fingerprint density at radius 1 is 1.50 bits per heavy atom. The normalized spacial score (nSPS) is 17.0. The van der Waals surface area contributed by atoms with E-state index in [4.69, 9.17) is 0 Å². The molecule has 22 heavy (non-hydrogen) atoms. The van der Waals surface area contributed by atoms with E-state index in [1.165, 1.54) is 0 Å². The van der Waals surface area contributed by atoms with E-state index in [2.05, 4.69) is 31.9 Å². The monoisotopic (exact) mass is 302 g/mol. The Bertz CT molecular complexity index is 710. The summed E-state index contributed by atoms with van der Waals surface area (Å²) < 4.78 is 1.62. The molecular weight excluding hydrogens is 280 g/mol. The molecule has 0 atom stereocenters. The van der Waals surface area contributed by atoms with E-state index >= 15 is 0 Å². The number of nitrogens with zero attached hydrogens (tertiary/aromatic N) is 4. The molecule has 118 valence electrons. The fraction of sp³-hybridized carbons (Fsp3) is 0.533. The van der Waals surface area contributed by atoms with Crippen molar-refractivity contribution in [1.82, 2.24) is 24.6 Å². The Kier molecular flexibility index (Phi) is 4.24. The van der Waals surface area contributed by atoms with Gasteiger partial charge in [-0.05, 0) is 19.3 Å². The van der Waals surface area contributed by atoms with Crippen LogP contribution in [0.2, 0.25) is 0 Å². The van der Waals surface area contributed by atoms with Crippen molar-refractivity contribution in [2.24, 2.45) is 7.05 Å². The molecule has 1 fully saturated rings. The van der Waals surface area contributed by atoms with Crippen LogP contribution in [0.1, 0.15) is 19.3 Å². The van der Waals surface area contributed by atoms with Crippen molar-refractivity contribution in [1.29, 1.82) is 0 Å². The zero-order chi connectivity index (χ0) is 15.5. The first-order valence-corrected chi connectivity index (χ1v) is 7.69. The first-order chi connectivity index (χ1) is 10.7. The number of hydrogen-bond donors (Lipinski definition) is 2. The summed E-state index contributed by atoms with van der Waals surface area (Å²) in [7, 11) is 1.79. The molecular formula is C15H22N6O. The number of aromatic amines is 1. The van der Waals surface area contributed by atoms with Crippen LogP contribution in [0.25, 0.3) is 11.0 Å². The van der Waals surface area contributed by atoms with E-state index in [-0.39, 0.29) is 5.56 Å². The highest BCUT2D eigenvalue weighted by Gasteiger charge is 2.19. The van der Waals surface area contributed by atoms with Crippen LogP contribution < -0.4 is 10.9 Å². The summed E-state index contributed by atoms with van der Waals surface area (Å²) in [6.45, 7) is 6.96. The first kappa shape index (κ1) is 14.8. The highest BCUT2D eigenvalue weighted by molar-refractivity contribution is 5.74. The van der Waals surface area contributed by atoms with Gasteiger partial charge in [0.05, 0.1) is 6.20 Å². The van der Waals surface area contributed by atoms with Crippen LogP contribution in [0, 0.1) is 0 Å². The third-order valence-corrected chi connectivity index (χ3v) is 4.18. The van der Waals surface area contributed by atoms with Crippen LogP contribution in [0.15, 0.2) is 23.6 Å². The summed E-state index contributed by atoms with van der Waals surface area (Å²) in [6, 6.07) is 0.341. The van der Waals surface area contributed by atoms with E-state index < -0.39 is 0 Å². The topological polar surface area (TPSA) is 78.8 Å². The molecule has 1 saturated heterocycles. The molecule has 2 N–H and O–H groups in total. The highest BCUT2D eigenvalue weighted by Crippen LogP contribution is 2.15. The second-order valence-electron chi connectivity index (χ2n) is 5.76. The lowest BCUT2D eigenvalue weighted by Gasteiger charge is -2.32. The number of fused-ring (bicyclic) bond motifs is 1. The predicted molar refractivity (Wildman–Crippen MR) is 87.0 cm³/mol. The summed E-state index contributed by atoms with van der Waals surface area (Å²) in [4.78, 5) is 21.7. The second-order valence-corrected chi connectivity index (χ2v) is 5.76. The molecule has 2 aromatic heterocycles. The Balaban J connectivity index is 1.66. The summed E-state index contributed by atoms with van der Waals surface area (Å²) in [5.41, 5.74) is 0.457. The van der Waals surface area contributed by atoms with Crippen LogP contribution in [-0.2, 0) is 7.05 Å². The molecule has 7 heteroatoms. The van der Waals surface area contributed by atoms with Crippen molar-refractivity contribution in [2.75, 3.05) is 25.0 Å². The SMILES string of the molecule is C=CCCN1CCC(Nc2nc3c(cnn3C)c(=O)[nH]2)CC1. The largest absolute Gasteiger partial charge is 0.353 e. The zero-order valence-corrected chi connectivity index (χ0v) is 12.9. The number of hydrogen-bond acceptors (Lipinski definition) is 5. The fourth-order valence-corrected chi connectivity index (χ4v) is 2.87. The van der Waals surface area contributed by atoms with Crippen LogP contribution in [0.3, 0.4) is 0 Å². The lowest BCUT2D eigenvalue weighted by atomic mass is 10.1. The van der Waals surface area contributed by atoms with Gasteiger partial charge in [-0.1, -0.05) is 6.08 Å². The van der Waals surface area contributed by atoms with E-state index in [1.807, 2.05) is 6.08 Å². The van der Waals surface area contributed by atoms with Gasteiger partial charge in [0.1, 0.15) is 5.39 Å². The molecule has 0 spiro atoms. The van der Waals surface area contributed by atoms with Gasteiger partial charge in [0.15, 0.2) is 5.65 Å². The average Bonchev–Trinajstić information content (AvgIpc) is 2.89. The molecule has 0 saturated carbocycles. The molecule has 0 amide bonds. The van der Waals surface area contributed by atoms with Gasteiger partial charge in [0.2, 0.25) is 5.95 Å². The van der Waals surface area contributed by atoms with Crippen LogP contribution >= 0.6 is 0 Å². The van der Waals surface area contributed by atoms with E-state index in [0.717, 1.165) is 38.9 Å². The lowest BCUT2D eigenvalue weighted by Crippen LogP contribution is -2.39. The number of likely N-dealkylation sites (tertiary alicyclic amines) is 1. The Morgan fingerprint density at radius 2 is 2.27 bits per heavy atom. The van der Waals surface area contributed by atoms with Crippen molar-refractivity contribution in [3.8, 4) is 0 Å². The van der Waals surface area contributed by atoms with E-state index in [1.54, 1.807) is 17.9 Å². The highest BCUT2D eigenvalue weighted by atomic mass is 16.1. The van der Waals surface area contributed by atoms with Gasteiger partial charge in [-0.2, -0.15) is 10.1 Å². The summed E-state index contributed by atoms with van der Waals surface area (Å²) in [5, 5.41) is 7.95. The minimum Gasteiger partial charge on any atom is -0.353 e. The summed E-state index contributed by atoms with van der Waals surface area (Å²) in [6.07, 6.45) is 6.63. The Hall–Kier alpha value is -2.15. The van der Waals surface area contributed by atoms with Crippen molar-refractivity contribution in [2.45, 2.75) is 25.3 Å². The quantitative estimate of drug-likeness (QED) is 0.809. The van der Waals surface area contributed by atoms with Crippen LogP contribution in [0.5, 0.6) is 0 Å². The molecule has 7 nitrogen and oxygen atoms in total. The van der Waals surface area contributed by atoms with E-state index in [9.17, 15) is 4.79 Å². The third kappa shape index (κ3) is 3.04. The molecule has 2 aromatic rings. The smallest absolute Gasteiger partial charge is 0.263 e. The minimum atomic E-state index is -0.149. The molecule has 0 radical (unpaired) electrons. The maximum atomic E-state index is 12.0. The van der Waals surface area contributed by atoms with Crippen LogP contribution in [-0.4, -0.2) is 50.3 Å². The standard InChI is InChI=1S/C15H22N6O/c1-3-4-7-21-8-5-11(6-9-21)17-15-18-13-12(14(22)19-15)10-16-20(13)2/h3,10-11H,1,4-9H2,2H3,(H2,17,18,19,22). The number of nitrogens with one attached hydrogen (secondary N) is 2. The van der Waals surface area contributed by atoms with Crippen molar-refractivity contribution in [3.63, 3.8) is 0 Å². The van der Waals surface area contributed by atoms with Crippen molar-refractivity contribution >= 4 is 17.0 Å². The molecule has 3 rings (SSSR count). The number of anilines is 1. The lowest BCUT2D eigenvalue weighted by molar-refractivity contribution is 0.222. The number of aryl methyl sites for hydroxylation is 1. The van der Waals surface area contributed by atoms with Gasteiger partial charge >= 0.3 is 0 Å². The fourth-order valence-electron chi connectivity index (χ4n) is 2.87. The van der Waals surface area contributed by atoms with Gasteiger partial charge < -0.3 is 10.2 Å². The van der Waals surface area contributed by atoms with Gasteiger partial charge in [-0.15, -0.1) is 6.58 Å². The Labute approximate surface area is 129 Å². The average molecular weight is 302 g/mol. The number of H-pyrrole nitrogens is 1. The van der Waals surface area contributed by atoms with Gasteiger partial charge in [0.25, 0.3) is 5.56 Å². The minimum absolute atomic E-state index is 0.149. The second kappa shape index (κ2) is 6.31.